The monoisotopic (exact) mass is 354 g/mol. The Labute approximate surface area is 154 Å². The summed E-state index contributed by atoms with van der Waals surface area (Å²) in [5.74, 6) is 1.66. The summed E-state index contributed by atoms with van der Waals surface area (Å²) in [6, 6.07) is 7.72. The summed E-state index contributed by atoms with van der Waals surface area (Å²) in [6.07, 6.45) is 9.63. The van der Waals surface area contributed by atoms with Crippen molar-refractivity contribution in [3.05, 3.63) is 48.4 Å². The van der Waals surface area contributed by atoms with E-state index in [9.17, 15) is 5.11 Å². The molecule has 0 aliphatic rings. The van der Waals surface area contributed by atoms with Crippen LogP contribution in [0.4, 0.5) is 0 Å². The summed E-state index contributed by atoms with van der Waals surface area (Å²) >= 11 is 0. The number of aryl methyl sites for hydroxylation is 2. The van der Waals surface area contributed by atoms with Crippen molar-refractivity contribution in [1.29, 1.82) is 0 Å². The van der Waals surface area contributed by atoms with E-state index in [0.29, 0.717) is 24.7 Å². The maximum atomic E-state index is 10.6. The fraction of sp³-hybridized carbons (Fsp3) is 0.381. The Morgan fingerprint density at radius 2 is 1.88 bits per heavy atom. The molecule has 138 valence electrons. The lowest BCUT2D eigenvalue weighted by atomic mass is 10.2. The minimum Gasteiger partial charge on any atom is -0.494 e. The van der Waals surface area contributed by atoms with Crippen molar-refractivity contribution in [3.8, 4) is 17.4 Å². The second-order valence-electron chi connectivity index (χ2n) is 6.37. The number of ether oxygens (including phenoxy) is 2. The number of aromatic hydroxyl groups is 1. The van der Waals surface area contributed by atoms with E-state index in [4.69, 9.17) is 9.47 Å². The quantitative estimate of drug-likeness (QED) is 0.572. The van der Waals surface area contributed by atoms with Crippen molar-refractivity contribution < 1.29 is 14.6 Å². The summed E-state index contributed by atoms with van der Waals surface area (Å²) in [7, 11) is 1.64. The van der Waals surface area contributed by atoms with E-state index in [1.54, 1.807) is 19.5 Å². The molecule has 2 aromatic heterocycles. The summed E-state index contributed by atoms with van der Waals surface area (Å²) < 4.78 is 13.3. The Bertz CT molecular complexity index is 843. The first-order chi connectivity index (χ1) is 12.7. The molecule has 2 heterocycles. The molecule has 0 aliphatic carbocycles. The van der Waals surface area contributed by atoms with Crippen LogP contribution in [-0.2, 0) is 13.0 Å². The molecule has 1 N–H and O–H groups in total. The van der Waals surface area contributed by atoms with Crippen LogP contribution >= 0.6 is 0 Å². The number of methoxy groups -OCH3 is 1. The number of hydrogen-bond acceptors (Lipinski definition) is 4. The van der Waals surface area contributed by atoms with Crippen LogP contribution in [0.3, 0.4) is 0 Å². The highest BCUT2D eigenvalue weighted by atomic mass is 16.5. The van der Waals surface area contributed by atoms with Gasteiger partial charge in [-0.1, -0.05) is 19.8 Å². The van der Waals surface area contributed by atoms with Crippen LogP contribution in [0.25, 0.3) is 10.8 Å². The van der Waals surface area contributed by atoms with E-state index in [1.165, 1.54) is 5.56 Å². The number of nitrogens with zero attached hydrogens (tertiary/aromatic N) is 2. The highest BCUT2D eigenvalue weighted by Crippen LogP contribution is 2.40. The first-order valence-electron chi connectivity index (χ1n) is 9.15. The maximum absolute atomic E-state index is 10.6. The van der Waals surface area contributed by atoms with Gasteiger partial charge in [-0.3, -0.25) is 4.98 Å². The van der Waals surface area contributed by atoms with Crippen LogP contribution in [0.1, 0.15) is 31.7 Å². The lowest BCUT2D eigenvalue weighted by Gasteiger charge is -2.11. The number of aromatic nitrogens is 2. The molecule has 0 radical (unpaired) electrons. The third-order valence-corrected chi connectivity index (χ3v) is 4.56. The molecular formula is C21H26N2O3. The van der Waals surface area contributed by atoms with Crippen molar-refractivity contribution in [2.75, 3.05) is 13.7 Å². The fourth-order valence-corrected chi connectivity index (χ4v) is 3.08. The van der Waals surface area contributed by atoms with Gasteiger partial charge in [-0.15, -0.1) is 0 Å². The van der Waals surface area contributed by atoms with Gasteiger partial charge in [0.05, 0.1) is 13.7 Å². The van der Waals surface area contributed by atoms with Gasteiger partial charge in [-0.25, -0.2) is 0 Å². The number of rotatable bonds is 9. The van der Waals surface area contributed by atoms with Crippen LogP contribution in [0.5, 0.6) is 17.4 Å². The lowest BCUT2D eigenvalue weighted by Crippen LogP contribution is -2.00. The predicted molar refractivity (Wildman–Crippen MR) is 103 cm³/mol. The van der Waals surface area contributed by atoms with Gasteiger partial charge >= 0.3 is 0 Å². The van der Waals surface area contributed by atoms with E-state index >= 15 is 0 Å². The average molecular weight is 354 g/mol. The highest BCUT2D eigenvalue weighted by molar-refractivity contribution is 5.94. The molecule has 3 rings (SSSR count). The Morgan fingerprint density at radius 3 is 2.62 bits per heavy atom. The van der Waals surface area contributed by atoms with Crippen molar-refractivity contribution in [3.63, 3.8) is 0 Å². The molecule has 1 aromatic carbocycles. The molecule has 0 saturated carbocycles. The smallest absolute Gasteiger partial charge is 0.199 e. The Morgan fingerprint density at radius 1 is 1.08 bits per heavy atom. The Hall–Kier alpha value is -2.69. The van der Waals surface area contributed by atoms with Crippen molar-refractivity contribution >= 4 is 10.8 Å². The third-order valence-electron chi connectivity index (χ3n) is 4.56. The molecule has 0 bridgehead atoms. The van der Waals surface area contributed by atoms with Gasteiger partial charge in [0.1, 0.15) is 0 Å². The summed E-state index contributed by atoms with van der Waals surface area (Å²) in [5.41, 5.74) is 1.19. The van der Waals surface area contributed by atoms with Crippen LogP contribution in [-0.4, -0.2) is 28.4 Å². The molecule has 26 heavy (non-hydrogen) atoms. The van der Waals surface area contributed by atoms with Gasteiger partial charge < -0.3 is 19.1 Å². The molecule has 3 aromatic rings. The Balaban J connectivity index is 1.85. The normalized spacial score (nSPS) is 11.0. The minimum atomic E-state index is 0.259. The number of benzene rings is 1. The van der Waals surface area contributed by atoms with E-state index < -0.39 is 0 Å². The van der Waals surface area contributed by atoms with Crippen LogP contribution < -0.4 is 9.47 Å². The molecular weight excluding hydrogens is 328 g/mol. The molecule has 0 unspecified atom stereocenters. The van der Waals surface area contributed by atoms with Crippen LogP contribution in [0.15, 0.2) is 42.9 Å². The largest absolute Gasteiger partial charge is 0.494 e. The maximum Gasteiger partial charge on any atom is 0.199 e. The first-order valence-corrected chi connectivity index (χ1v) is 9.15. The van der Waals surface area contributed by atoms with E-state index in [1.807, 2.05) is 35.0 Å². The van der Waals surface area contributed by atoms with Gasteiger partial charge in [0, 0.05) is 35.9 Å². The summed E-state index contributed by atoms with van der Waals surface area (Å²) in [5, 5.41) is 12.3. The number of fused-ring (bicyclic) bond motifs is 1. The van der Waals surface area contributed by atoms with E-state index in [-0.39, 0.29) is 5.88 Å². The van der Waals surface area contributed by atoms with Crippen molar-refractivity contribution in [2.24, 2.45) is 0 Å². The number of unbranched alkanes of at least 4 members (excludes halogenated alkanes) is 2. The predicted octanol–water partition coefficient (Wildman–Crippen LogP) is 4.56. The molecule has 5 nitrogen and oxygen atoms in total. The number of hydrogen-bond donors (Lipinski definition) is 1. The topological polar surface area (TPSA) is 56.5 Å². The first kappa shape index (κ1) is 18.1. The standard InChI is InChI=1S/C21H26N2O3/c1-3-4-5-14-26-20-18-15-23(13-10-16-8-11-22-12-9-16)21(24)17(18)6-7-19(20)25-2/h6-9,11-12,15,24H,3-5,10,13-14H2,1-2H3. The summed E-state index contributed by atoms with van der Waals surface area (Å²) in [4.78, 5) is 4.04. The second-order valence-corrected chi connectivity index (χ2v) is 6.37. The molecule has 5 heteroatoms. The highest BCUT2D eigenvalue weighted by Gasteiger charge is 2.16. The minimum absolute atomic E-state index is 0.259. The van der Waals surface area contributed by atoms with Gasteiger partial charge in [-0.05, 0) is 42.7 Å². The fourth-order valence-electron chi connectivity index (χ4n) is 3.08. The zero-order valence-corrected chi connectivity index (χ0v) is 15.4. The molecule has 0 fully saturated rings. The van der Waals surface area contributed by atoms with Crippen LogP contribution in [0.2, 0.25) is 0 Å². The molecule has 0 spiro atoms. The second kappa shape index (κ2) is 8.61. The van der Waals surface area contributed by atoms with Crippen molar-refractivity contribution in [2.45, 2.75) is 39.2 Å². The average Bonchev–Trinajstić information content (AvgIpc) is 3.00. The van der Waals surface area contributed by atoms with Crippen molar-refractivity contribution in [1.82, 2.24) is 9.55 Å². The van der Waals surface area contributed by atoms with E-state index in [2.05, 4.69) is 11.9 Å². The van der Waals surface area contributed by atoms with E-state index in [0.717, 1.165) is 36.5 Å². The number of pyridine rings is 1. The van der Waals surface area contributed by atoms with Gasteiger partial charge in [-0.2, -0.15) is 0 Å². The molecule has 0 aliphatic heterocycles. The van der Waals surface area contributed by atoms with Gasteiger partial charge in [0.15, 0.2) is 17.4 Å². The van der Waals surface area contributed by atoms with Gasteiger partial charge in [0.2, 0.25) is 0 Å². The molecule has 0 atom stereocenters. The SMILES string of the molecule is CCCCCOc1c(OC)ccc2c(O)n(CCc3ccncc3)cc12. The van der Waals surface area contributed by atoms with Crippen LogP contribution in [0, 0.1) is 0 Å². The van der Waals surface area contributed by atoms with Gasteiger partial charge in [0.25, 0.3) is 0 Å². The zero-order chi connectivity index (χ0) is 18.4. The zero-order valence-electron chi connectivity index (χ0n) is 15.4. The molecule has 0 amide bonds. The Kier molecular flexibility index (Phi) is 6.00. The lowest BCUT2D eigenvalue weighted by molar-refractivity contribution is 0.289. The third kappa shape index (κ3) is 3.93. The molecule has 0 saturated heterocycles. The summed E-state index contributed by atoms with van der Waals surface area (Å²) in [6.45, 7) is 3.50.